The number of β-lactam (4-membered cyclic amide) rings is 1. The Hall–Kier alpha value is -1.49. The zero-order valence-corrected chi connectivity index (χ0v) is 14.2. The van der Waals surface area contributed by atoms with E-state index in [1.54, 1.807) is 4.90 Å². The van der Waals surface area contributed by atoms with Gasteiger partial charge in [-0.1, -0.05) is 23.7 Å². The smallest absolute Gasteiger partial charge is 0.232 e. The molecule has 0 aromatic heterocycles. The minimum absolute atomic E-state index is 0.0438. The summed E-state index contributed by atoms with van der Waals surface area (Å²) in [7, 11) is 5.36. The van der Waals surface area contributed by atoms with Gasteiger partial charge < -0.3 is 9.80 Å². The Morgan fingerprint density at radius 3 is 2.30 bits per heavy atom. The summed E-state index contributed by atoms with van der Waals surface area (Å²) in [5.41, 5.74) is 0.694. The number of carbonyl (C=O) groups is 2. The molecule has 1 atom stereocenters. The lowest BCUT2D eigenvalue weighted by molar-refractivity contribution is -0.184. The first-order valence-electron chi connectivity index (χ1n) is 7.99. The largest absolute Gasteiger partial charge is 0.352 e. The fourth-order valence-corrected chi connectivity index (χ4v) is 4.09. The van der Waals surface area contributed by atoms with Crippen LogP contribution in [-0.2, 0) is 4.79 Å². The van der Waals surface area contributed by atoms with Crippen molar-refractivity contribution in [1.29, 1.82) is 0 Å². The van der Waals surface area contributed by atoms with Gasteiger partial charge in [-0.3, -0.25) is 9.59 Å². The number of rotatable bonds is 2. The van der Waals surface area contributed by atoms with E-state index in [1.165, 1.54) is 0 Å². The lowest BCUT2D eigenvalue weighted by Crippen LogP contribution is -2.68. The van der Waals surface area contributed by atoms with Crippen molar-refractivity contribution in [3.05, 3.63) is 34.9 Å². The molecule has 1 unspecified atom stereocenters. The normalized spacial score (nSPS) is 23.3. The number of amides is 2. The number of carbonyl (C=O) groups excluding carboxylic acids is 2. The van der Waals surface area contributed by atoms with E-state index in [1.807, 2.05) is 43.0 Å². The van der Waals surface area contributed by atoms with Gasteiger partial charge in [-0.25, -0.2) is 0 Å². The lowest BCUT2D eigenvalue weighted by Gasteiger charge is -2.60. The molecule has 1 aromatic carbocycles. The molecule has 0 N–H and O–H groups in total. The van der Waals surface area contributed by atoms with Crippen molar-refractivity contribution in [3.8, 4) is 0 Å². The first-order chi connectivity index (χ1) is 10.9. The van der Waals surface area contributed by atoms with Gasteiger partial charge in [0.15, 0.2) is 5.81 Å². The van der Waals surface area contributed by atoms with Crippen molar-refractivity contribution in [2.75, 3.05) is 13.1 Å². The minimum atomic E-state index is -0.413. The fraction of sp³-hybridized carbons (Fsp3) is 0.529. The summed E-state index contributed by atoms with van der Waals surface area (Å²) in [6.07, 6.45) is 1.32. The van der Waals surface area contributed by atoms with Crippen LogP contribution in [0.4, 0.5) is 4.79 Å². The molecule has 0 saturated carbocycles. The molecule has 2 amide bonds. The van der Waals surface area contributed by atoms with Gasteiger partial charge in [0.05, 0.1) is 11.5 Å². The summed E-state index contributed by atoms with van der Waals surface area (Å²) in [6.45, 7) is 5.15. The average molecular weight is 331 g/mol. The van der Waals surface area contributed by atoms with Gasteiger partial charge in [-0.15, -0.1) is 0 Å². The first kappa shape index (κ1) is 16.4. The summed E-state index contributed by atoms with van der Waals surface area (Å²) >= 11 is 6.00. The molecule has 2 heterocycles. The maximum absolute atomic E-state index is 12.9. The number of hydrogen-bond acceptors (Lipinski definition) is 2. The number of likely N-dealkylation sites (tertiary alicyclic amines) is 2. The molecule has 0 aliphatic carbocycles. The van der Waals surface area contributed by atoms with Crippen LogP contribution in [0.3, 0.4) is 0 Å². The topological polar surface area (TPSA) is 40.6 Å². The van der Waals surface area contributed by atoms with E-state index in [0.717, 1.165) is 5.56 Å². The number of halogens is 1. The maximum Gasteiger partial charge on any atom is 0.232 e. The molecule has 2 aliphatic heterocycles. The van der Waals surface area contributed by atoms with Crippen LogP contribution in [0.25, 0.3) is 0 Å². The summed E-state index contributed by atoms with van der Waals surface area (Å²) in [5.74, 6) is -0.216. The molecule has 6 heteroatoms. The Balaban J connectivity index is 1.91. The van der Waals surface area contributed by atoms with Crippen LogP contribution in [-0.4, -0.2) is 48.5 Å². The summed E-state index contributed by atoms with van der Waals surface area (Å²) in [5, 5.41) is 0.688. The Labute approximate surface area is 143 Å². The van der Waals surface area contributed by atoms with Crippen molar-refractivity contribution < 1.29 is 9.59 Å². The molecular weight excluding hydrogens is 310 g/mol. The molecular formula is C17H20BClN2O2. The molecule has 2 saturated heterocycles. The van der Waals surface area contributed by atoms with Crippen LogP contribution < -0.4 is 0 Å². The van der Waals surface area contributed by atoms with E-state index in [0.29, 0.717) is 31.0 Å². The van der Waals surface area contributed by atoms with Crippen LogP contribution in [0.1, 0.15) is 38.3 Å². The molecule has 2 aliphatic rings. The van der Waals surface area contributed by atoms with Crippen LogP contribution in [0.5, 0.6) is 0 Å². The fourth-order valence-electron chi connectivity index (χ4n) is 3.96. The van der Waals surface area contributed by atoms with E-state index >= 15 is 0 Å². The predicted molar refractivity (Wildman–Crippen MR) is 90.6 cm³/mol. The van der Waals surface area contributed by atoms with Crippen molar-refractivity contribution >= 4 is 31.2 Å². The molecule has 23 heavy (non-hydrogen) atoms. The molecule has 2 radical (unpaired) electrons. The van der Waals surface area contributed by atoms with E-state index in [4.69, 9.17) is 19.4 Å². The molecule has 2 fully saturated rings. The van der Waals surface area contributed by atoms with Gasteiger partial charge in [0.2, 0.25) is 13.8 Å². The Morgan fingerprint density at radius 2 is 1.83 bits per heavy atom. The number of nitrogens with zero attached hydrogens (tertiary/aromatic N) is 2. The maximum atomic E-state index is 12.9. The molecule has 1 spiro atoms. The second kappa shape index (κ2) is 5.86. The summed E-state index contributed by atoms with van der Waals surface area (Å²) < 4.78 is 0. The highest BCUT2D eigenvalue weighted by molar-refractivity contribution is 6.56. The summed E-state index contributed by atoms with van der Waals surface area (Å²) in [6, 6.07) is 7.91. The van der Waals surface area contributed by atoms with Crippen LogP contribution in [0, 0.1) is 5.41 Å². The Morgan fingerprint density at radius 1 is 1.26 bits per heavy atom. The van der Waals surface area contributed by atoms with Gasteiger partial charge >= 0.3 is 0 Å². The highest BCUT2D eigenvalue weighted by atomic mass is 35.5. The van der Waals surface area contributed by atoms with Gasteiger partial charge in [0.25, 0.3) is 0 Å². The number of hydrogen-bond donors (Lipinski definition) is 0. The SMILES string of the molecule is [B]C(=O)N1CCC2(CC1)C(=O)N(C(C)C)C2c1ccc(Cl)cc1. The quantitative estimate of drug-likeness (QED) is 0.618. The lowest BCUT2D eigenvalue weighted by atomic mass is 9.61. The number of piperidine rings is 1. The monoisotopic (exact) mass is 330 g/mol. The molecule has 4 nitrogen and oxygen atoms in total. The van der Waals surface area contributed by atoms with Gasteiger partial charge in [0.1, 0.15) is 0 Å². The predicted octanol–water partition coefficient (Wildman–Crippen LogP) is 3.00. The van der Waals surface area contributed by atoms with E-state index in [2.05, 4.69) is 0 Å². The molecule has 0 bridgehead atoms. The van der Waals surface area contributed by atoms with E-state index < -0.39 is 11.2 Å². The highest BCUT2D eigenvalue weighted by Gasteiger charge is 2.62. The summed E-state index contributed by atoms with van der Waals surface area (Å²) in [4.78, 5) is 27.8. The molecule has 120 valence electrons. The van der Waals surface area contributed by atoms with E-state index in [-0.39, 0.29) is 18.0 Å². The third-order valence-electron chi connectivity index (χ3n) is 5.17. The van der Waals surface area contributed by atoms with Crippen molar-refractivity contribution in [1.82, 2.24) is 9.80 Å². The Kier molecular flexibility index (Phi) is 4.17. The van der Waals surface area contributed by atoms with E-state index in [9.17, 15) is 9.59 Å². The third kappa shape index (κ3) is 2.55. The van der Waals surface area contributed by atoms with Crippen LogP contribution >= 0.6 is 11.6 Å². The van der Waals surface area contributed by atoms with Crippen molar-refractivity contribution in [2.45, 2.75) is 38.8 Å². The second-order valence-electron chi connectivity index (χ2n) is 6.74. The third-order valence-corrected chi connectivity index (χ3v) is 5.42. The van der Waals surface area contributed by atoms with Gasteiger partial charge in [-0.2, -0.15) is 0 Å². The molecule has 1 aromatic rings. The second-order valence-corrected chi connectivity index (χ2v) is 7.18. The average Bonchev–Trinajstić information content (AvgIpc) is 2.52. The van der Waals surface area contributed by atoms with Crippen LogP contribution in [0.2, 0.25) is 5.02 Å². The standard InChI is InChI=1S/C17H20BClN2O2/c1-11(2)21-14(12-3-5-13(19)6-4-12)17(15(21)22)7-9-20(10-8-17)16(18)23/h3-6,11,14H,7-10H2,1-2H3. The first-order valence-corrected chi connectivity index (χ1v) is 8.37. The zero-order chi connectivity index (χ0) is 16.8. The zero-order valence-electron chi connectivity index (χ0n) is 13.5. The van der Waals surface area contributed by atoms with Crippen molar-refractivity contribution in [3.63, 3.8) is 0 Å². The van der Waals surface area contributed by atoms with Gasteiger partial charge in [-0.05, 0) is 44.4 Å². The van der Waals surface area contributed by atoms with Crippen molar-refractivity contribution in [2.24, 2.45) is 5.41 Å². The van der Waals surface area contributed by atoms with Gasteiger partial charge in [0, 0.05) is 24.2 Å². The molecule has 3 rings (SSSR count). The minimum Gasteiger partial charge on any atom is -0.352 e. The highest BCUT2D eigenvalue weighted by Crippen LogP contribution is 2.56. The van der Waals surface area contributed by atoms with Crippen LogP contribution in [0.15, 0.2) is 24.3 Å². The Bertz CT molecular complexity index is 624. The number of benzene rings is 1.